The smallest absolute Gasteiger partial charge is 0.257 e. The van der Waals surface area contributed by atoms with Gasteiger partial charge >= 0.3 is 0 Å². The molecule has 0 aliphatic carbocycles. The van der Waals surface area contributed by atoms with Crippen molar-refractivity contribution in [3.63, 3.8) is 0 Å². The van der Waals surface area contributed by atoms with Gasteiger partial charge in [0.2, 0.25) is 0 Å². The topological polar surface area (TPSA) is 81.1 Å². The number of benzene rings is 2. The van der Waals surface area contributed by atoms with E-state index in [1.54, 1.807) is 6.07 Å². The Kier molecular flexibility index (Phi) is 10.2. The van der Waals surface area contributed by atoms with Crippen molar-refractivity contribution in [2.45, 2.75) is 39.7 Å². The van der Waals surface area contributed by atoms with E-state index >= 15 is 0 Å². The maximum atomic E-state index is 12.3. The highest BCUT2D eigenvalue weighted by molar-refractivity contribution is 7.92. The van der Waals surface area contributed by atoms with Crippen LogP contribution in [0.5, 0.6) is 0 Å². The van der Waals surface area contributed by atoms with Gasteiger partial charge in [-0.05, 0) is 42.3 Å². The van der Waals surface area contributed by atoms with Gasteiger partial charge in [-0.15, -0.1) is 0 Å². The first kappa shape index (κ1) is 28.3. The van der Waals surface area contributed by atoms with Crippen molar-refractivity contribution in [2.24, 2.45) is 0 Å². The zero-order valence-electron chi connectivity index (χ0n) is 20.5. The molecule has 192 valence electrons. The van der Waals surface area contributed by atoms with Gasteiger partial charge in [0.05, 0.1) is 12.2 Å². The van der Waals surface area contributed by atoms with Crippen molar-refractivity contribution < 1.29 is 13.2 Å². The first-order valence-corrected chi connectivity index (χ1v) is 14.0. The zero-order chi connectivity index (χ0) is 26.8. The highest BCUT2D eigenvalue weighted by atomic mass is 35.5. The molecule has 6 nitrogen and oxygen atoms in total. The Morgan fingerprint density at radius 3 is 2.49 bits per heavy atom. The standard InChI is InChI=1S/C28H27Cl2N3O3S/c1-3-5-9-18-37(35,36)32-27(34)17-16-25-28(30)31-26(4-2)33(25)20-23-15-14-22(19-24(23)29)13-12-21-10-7-6-8-11-21/h6-11,14-19H,3-5,20H2,1-2H3,(H,32,34). The van der Waals surface area contributed by atoms with E-state index in [-0.39, 0.29) is 5.15 Å². The third-order valence-corrected chi connectivity index (χ3v) is 6.90. The summed E-state index contributed by atoms with van der Waals surface area (Å²) in [7, 11) is -3.87. The minimum atomic E-state index is -3.87. The second kappa shape index (κ2) is 13.3. The summed E-state index contributed by atoms with van der Waals surface area (Å²) in [4.78, 5) is 16.6. The summed E-state index contributed by atoms with van der Waals surface area (Å²) in [5.74, 6) is 6.13. The summed E-state index contributed by atoms with van der Waals surface area (Å²) in [5, 5.41) is 1.72. The number of rotatable bonds is 9. The van der Waals surface area contributed by atoms with E-state index in [4.69, 9.17) is 23.2 Å². The average Bonchev–Trinajstić information content (AvgIpc) is 3.17. The van der Waals surface area contributed by atoms with Crippen molar-refractivity contribution in [3.05, 3.63) is 104 Å². The number of sulfonamides is 1. The molecule has 0 aliphatic heterocycles. The summed E-state index contributed by atoms with van der Waals surface area (Å²) in [6.45, 7) is 4.22. The predicted octanol–water partition coefficient (Wildman–Crippen LogP) is 5.97. The molecule has 0 unspecified atom stereocenters. The lowest BCUT2D eigenvalue weighted by Crippen LogP contribution is -2.27. The molecule has 3 aromatic rings. The normalized spacial score (nSPS) is 11.6. The van der Waals surface area contributed by atoms with Crippen molar-refractivity contribution >= 4 is 45.2 Å². The first-order chi connectivity index (χ1) is 17.7. The third-order valence-electron chi connectivity index (χ3n) is 5.23. The average molecular weight is 557 g/mol. The summed E-state index contributed by atoms with van der Waals surface area (Å²) in [6, 6.07) is 15.3. The van der Waals surface area contributed by atoms with Crippen LogP contribution in [0.1, 0.15) is 54.9 Å². The Hall–Kier alpha value is -3.31. The summed E-state index contributed by atoms with van der Waals surface area (Å²) >= 11 is 12.9. The van der Waals surface area contributed by atoms with E-state index < -0.39 is 15.9 Å². The highest BCUT2D eigenvalue weighted by Gasteiger charge is 2.15. The van der Waals surface area contributed by atoms with E-state index in [9.17, 15) is 13.2 Å². The molecule has 0 radical (unpaired) electrons. The Balaban J connectivity index is 1.81. The van der Waals surface area contributed by atoms with Crippen LogP contribution in [0.2, 0.25) is 10.2 Å². The summed E-state index contributed by atoms with van der Waals surface area (Å²) < 4.78 is 27.9. The van der Waals surface area contributed by atoms with Gasteiger partial charge in [0, 0.05) is 34.1 Å². The van der Waals surface area contributed by atoms with Gasteiger partial charge in [0.15, 0.2) is 5.15 Å². The van der Waals surface area contributed by atoms with Gasteiger partial charge in [-0.3, -0.25) is 4.79 Å². The maximum absolute atomic E-state index is 12.3. The van der Waals surface area contributed by atoms with Gasteiger partial charge in [-0.2, -0.15) is 0 Å². The molecule has 37 heavy (non-hydrogen) atoms. The quantitative estimate of drug-likeness (QED) is 0.260. The Morgan fingerprint density at radius 1 is 1.08 bits per heavy atom. The number of aryl methyl sites for hydroxylation is 1. The number of carbonyl (C=O) groups excluding carboxylic acids is 1. The fourth-order valence-corrected chi connectivity index (χ4v) is 4.71. The van der Waals surface area contributed by atoms with Crippen LogP contribution in [-0.2, 0) is 27.8 Å². The predicted molar refractivity (Wildman–Crippen MR) is 150 cm³/mol. The number of allylic oxidation sites excluding steroid dienone is 1. The summed E-state index contributed by atoms with van der Waals surface area (Å²) in [5.41, 5.74) is 2.98. The number of imidazole rings is 1. The van der Waals surface area contributed by atoms with Crippen molar-refractivity contribution in [2.75, 3.05) is 0 Å². The third kappa shape index (κ3) is 8.36. The lowest BCUT2D eigenvalue weighted by Gasteiger charge is -2.11. The molecular formula is C28H27Cl2N3O3S. The molecule has 1 aromatic heterocycles. The molecule has 1 heterocycles. The molecule has 0 saturated carbocycles. The Morgan fingerprint density at radius 2 is 1.81 bits per heavy atom. The second-order valence-electron chi connectivity index (χ2n) is 8.07. The van der Waals surface area contributed by atoms with E-state index in [0.29, 0.717) is 35.9 Å². The highest BCUT2D eigenvalue weighted by Crippen LogP contribution is 2.25. The van der Waals surface area contributed by atoms with Gasteiger partial charge < -0.3 is 4.57 Å². The van der Waals surface area contributed by atoms with Crippen molar-refractivity contribution in [3.8, 4) is 11.8 Å². The minimum Gasteiger partial charge on any atom is -0.323 e. The van der Waals surface area contributed by atoms with Crippen LogP contribution in [0.15, 0.2) is 66.1 Å². The van der Waals surface area contributed by atoms with Crippen LogP contribution < -0.4 is 4.72 Å². The molecule has 0 saturated heterocycles. The van der Waals surface area contributed by atoms with Crippen LogP contribution in [0, 0.1) is 11.8 Å². The molecule has 1 N–H and O–H groups in total. The van der Waals surface area contributed by atoms with Crippen molar-refractivity contribution in [1.82, 2.24) is 14.3 Å². The van der Waals surface area contributed by atoms with E-state index in [2.05, 4.69) is 16.8 Å². The number of aromatic nitrogens is 2. The number of carbonyl (C=O) groups is 1. The van der Waals surface area contributed by atoms with Crippen LogP contribution in [0.25, 0.3) is 6.08 Å². The number of nitrogens with one attached hydrogen (secondary N) is 1. The van der Waals surface area contributed by atoms with Gasteiger partial charge in [0.25, 0.3) is 15.9 Å². The fraction of sp³-hybridized carbons (Fsp3) is 0.214. The second-order valence-corrected chi connectivity index (χ2v) is 10.4. The number of unbranched alkanes of at least 4 members (excludes halogenated alkanes) is 1. The Labute approximate surface area is 228 Å². The number of hydrogen-bond acceptors (Lipinski definition) is 4. The van der Waals surface area contributed by atoms with E-state index in [1.807, 2.05) is 65.6 Å². The maximum Gasteiger partial charge on any atom is 0.257 e. The monoisotopic (exact) mass is 555 g/mol. The SMILES string of the molecule is CCCC=CS(=O)(=O)NC(=O)C=Cc1c(Cl)nc(CC)n1Cc1ccc(C#Cc2ccccc2)cc1Cl. The molecule has 2 aromatic carbocycles. The number of nitrogens with zero attached hydrogens (tertiary/aromatic N) is 2. The fourth-order valence-electron chi connectivity index (χ4n) is 3.40. The molecule has 1 amide bonds. The largest absolute Gasteiger partial charge is 0.323 e. The van der Waals surface area contributed by atoms with Crippen LogP contribution in [0.4, 0.5) is 0 Å². The first-order valence-electron chi connectivity index (χ1n) is 11.7. The van der Waals surface area contributed by atoms with E-state index in [1.165, 1.54) is 12.2 Å². The summed E-state index contributed by atoms with van der Waals surface area (Å²) in [6.07, 6.45) is 6.06. The lowest BCUT2D eigenvalue weighted by atomic mass is 10.1. The van der Waals surface area contributed by atoms with Crippen LogP contribution in [0.3, 0.4) is 0 Å². The van der Waals surface area contributed by atoms with Crippen LogP contribution in [-0.4, -0.2) is 23.9 Å². The lowest BCUT2D eigenvalue weighted by molar-refractivity contribution is -0.114. The number of amides is 1. The number of hydrogen-bond donors (Lipinski definition) is 1. The van der Waals surface area contributed by atoms with Gasteiger partial charge in [-0.1, -0.05) is 85.7 Å². The molecule has 0 spiro atoms. The molecule has 0 fully saturated rings. The molecule has 0 atom stereocenters. The Bertz CT molecular complexity index is 1480. The minimum absolute atomic E-state index is 0.202. The molecule has 0 aliphatic rings. The number of halogens is 2. The van der Waals surface area contributed by atoms with Gasteiger partial charge in [-0.25, -0.2) is 18.1 Å². The molecule has 9 heteroatoms. The van der Waals surface area contributed by atoms with Gasteiger partial charge in [0.1, 0.15) is 5.82 Å². The molecule has 3 rings (SSSR count). The van der Waals surface area contributed by atoms with Crippen molar-refractivity contribution in [1.29, 1.82) is 0 Å². The molecular weight excluding hydrogens is 529 g/mol. The van der Waals surface area contributed by atoms with E-state index in [0.717, 1.165) is 34.6 Å². The molecule has 0 bridgehead atoms. The zero-order valence-corrected chi connectivity index (χ0v) is 22.9. The van der Waals surface area contributed by atoms with Crippen LogP contribution >= 0.6 is 23.2 Å².